The minimum atomic E-state index is -0.345. The monoisotopic (exact) mass is 404 g/mol. The molecular weight excluding hydrogens is 387 g/mol. The molecule has 140 valence electrons. The third-order valence-electron chi connectivity index (χ3n) is 4.00. The van der Waals surface area contributed by atoms with Gasteiger partial charge < -0.3 is 4.42 Å². The quantitative estimate of drug-likeness (QED) is 0.501. The summed E-state index contributed by atoms with van der Waals surface area (Å²) in [5, 5.41) is 9.55. The lowest BCUT2D eigenvalue weighted by molar-refractivity contribution is 0.0953. The molecule has 6 nitrogen and oxygen atoms in total. The largest absolute Gasteiger partial charge is 0.466 e. The fourth-order valence-corrected chi connectivity index (χ4v) is 3.06. The molecule has 2 aromatic heterocycles. The smallest absolute Gasteiger partial charge is 0.274 e. The summed E-state index contributed by atoms with van der Waals surface area (Å²) in [6, 6.07) is 9.14. The van der Waals surface area contributed by atoms with Crippen LogP contribution in [0, 0.1) is 20.8 Å². The van der Waals surface area contributed by atoms with Crippen LogP contribution in [0.1, 0.15) is 38.7 Å². The molecule has 0 radical (unpaired) electrons. The standard InChI is InChI=1S/C19H18Cl2N4O2/c1-11-8-16(13(3)27-11)19(26)23-22-9-17-12(2)24-25(18(17)21)10-14-4-6-15(20)7-5-14/h4-9H,10H2,1-3H3,(H,23,26). The van der Waals surface area contributed by atoms with Gasteiger partial charge in [0.25, 0.3) is 5.91 Å². The topological polar surface area (TPSA) is 72.4 Å². The first-order valence-electron chi connectivity index (χ1n) is 8.23. The van der Waals surface area contributed by atoms with E-state index in [1.807, 2.05) is 31.2 Å². The number of carbonyl (C=O) groups is 1. The van der Waals surface area contributed by atoms with E-state index in [9.17, 15) is 4.79 Å². The second-order valence-corrected chi connectivity index (χ2v) is 6.89. The molecule has 3 aromatic rings. The van der Waals surface area contributed by atoms with E-state index in [1.54, 1.807) is 24.6 Å². The number of furan rings is 1. The van der Waals surface area contributed by atoms with E-state index in [4.69, 9.17) is 27.6 Å². The van der Waals surface area contributed by atoms with Gasteiger partial charge in [-0.05, 0) is 44.5 Å². The third kappa shape index (κ3) is 4.40. The summed E-state index contributed by atoms with van der Waals surface area (Å²) in [6.07, 6.45) is 1.49. The highest BCUT2D eigenvalue weighted by Gasteiger charge is 2.14. The average Bonchev–Trinajstić information content (AvgIpc) is 3.09. The molecule has 3 rings (SSSR count). The third-order valence-corrected chi connectivity index (χ3v) is 4.65. The number of aromatic nitrogens is 2. The van der Waals surface area contributed by atoms with Crippen molar-refractivity contribution in [1.29, 1.82) is 0 Å². The van der Waals surface area contributed by atoms with E-state index in [0.29, 0.717) is 45.1 Å². The van der Waals surface area contributed by atoms with Crippen LogP contribution in [-0.4, -0.2) is 21.9 Å². The maximum absolute atomic E-state index is 12.2. The van der Waals surface area contributed by atoms with Crippen LogP contribution in [-0.2, 0) is 6.54 Å². The highest BCUT2D eigenvalue weighted by molar-refractivity contribution is 6.32. The Morgan fingerprint density at radius 3 is 2.59 bits per heavy atom. The molecule has 1 amide bonds. The van der Waals surface area contributed by atoms with Crippen LogP contribution >= 0.6 is 23.2 Å². The van der Waals surface area contributed by atoms with Crippen molar-refractivity contribution in [2.45, 2.75) is 27.3 Å². The number of amides is 1. The Hall–Kier alpha value is -2.57. The number of hydrogen-bond acceptors (Lipinski definition) is 4. The Balaban J connectivity index is 1.72. The van der Waals surface area contributed by atoms with Crippen molar-refractivity contribution in [1.82, 2.24) is 15.2 Å². The Kier molecular flexibility index (Phi) is 5.68. The van der Waals surface area contributed by atoms with Crippen molar-refractivity contribution >= 4 is 35.3 Å². The molecule has 0 saturated carbocycles. The van der Waals surface area contributed by atoms with Gasteiger partial charge in [-0.15, -0.1) is 0 Å². The Bertz CT molecular complexity index is 1000. The molecule has 0 aliphatic heterocycles. The lowest BCUT2D eigenvalue weighted by Crippen LogP contribution is -2.17. The lowest BCUT2D eigenvalue weighted by atomic mass is 10.2. The van der Waals surface area contributed by atoms with E-state index >= 15 is 0 Å². The van der Waals surface area contributed by atoms with Gasteiger partial charge in [-0.2, -0.15) is 10.2 Å². The van der Waals surface area contributed by atoms with Gasteiger partial charge in [-0.25, -0.2) is 10.1 Å². The first-order valence-corrected chi connectivity index (χ1v) is 8.98. The predicted octanol–water partition coefficient (Wildman–Crippen LogP) is 4.52. The number of rotatable bonds is 5. The molecule has 2 heterocycles. The first kappa shape index (κ1) is 19.2. The average molecular weight is 405 g/mol. The zero-order valence-corrected chi connectivity index (χ0v) is 16.6. The Morgan fingerprint density at radius 1 is 1.26 bits per heavy atom. The van der Waals surface area contributed by atoms with Crippen molar-refractivity contribution in [3.8, 4) is 0 Å². The van der Waals surface area contributed by atoms with Crippen LogP contribution in [0.4, 0.5) is 0 Å². The van der Waals surface area contributed by atoms with E-state index in [-0.39, 0.29) is 5.91 Å². The number of halogens is 2. The minimum absolute atomic E-state index is 0.345. The van der Waals surface area contributed by atoms with Crippen molar-refractivity contribution < 1.29 is 9.21 Å². The normalized spacial score (nSPS) is 11.3. The van der Waals surface area contributed by atoms with Crippen molar-refractivity contribution in [3.05, 3.63) is 74.4 Å². The number of nitrogens with zero attached hydrogens (tertiary/aromatic N) is 3. The Morgan fingerprint density at radius 2 is 1.96 bits per heavy atom. The van der Waals surface area contributed by atoms with Crippen LogP contribution in [0.5, 0.6) is 0 Å². The molecule has 27 heavy (non-hydrogen) atoms. The number of hydrazone groups is 1. The number of benzene rings is 1. The van der Waals surface area contributed by atoms with Gasteiger partial charge in [0.1, 0.15) is 16.7 Å². The summed E-state index contributed by atoms with van der Waals surface area (Å²) >= 11 is 12.3. The number of hydrogen-bond donors (Lipinski definition) is 1. The van der Waals surface area contributed by atoms with Gasteiger partial charge in [0.05, 0.1) is 29.6 Å². The summed E-state index contributed by atoms with van der Waals surface area (Å²) in [6.45, 7) is 5.85. The number of carbonyl (C=O) groups excluding carboxylic acids is 1. The fraction of sp³-hybridized carbons (Fsp3) is 0.211. The molecular formula is C19H18Cl2N4O2. The van der Waals surface area contributed by atoms with Gasteiger partial charge in [-0.1, -0.05) is 35.3 Å². The van der Waals surface area contributed by atoms with Crippen LogP contribution in [0.25, 0.3) is 0 Å². The summed E-state index contributed by atoms with van der Waals surface area (Å²) < 4.78 is 7.02. The van der Waals surface area contributed by atoms with Crippen LogP contribution in [0.2, 0.25) is 10.2 Å². The maximum atomic E-state index is 12.2. The molecule has 0 spiro atoms. The van der Waals surface area contributed by atoms with E-state index in [0.717, 1.165) is 5.56 Å². The molecule has 0 aliphatic carbocycles. The van der Waals surface area contributed by atoms with Gasteiger partial charge in [-0.3, -0.25) is 4.79 Å². The molecule has 0 unspecified atom stereocenters. The highest BCUT2D eigenvalue weighted by Crippen LogP contribution is 2.20. The van der Waals surface area contributed by atoms with E-state index in [2.05, 4.69) is 15.6 Å². The van der Waals surface area contributed by atoms with E-state index in [1.165, 1.54) is 6.21 Å². The first-order chi connectivity index (χ1) is 12.8. The van der Waals surface area contributed by atoms with Gasteiger partial charge in [0.2, 0.25) is 0 Å². The van der Waals surface area contributed by atoms with Crippen LogP contribution < -0.4 is 5.43 Å². The zero-order chi connectivity index (χ0) is 19.6. The molecule has 0 saturated heterocycles. The summed E-state index contributed by atoms with van der Waals surface area (Å²) in [5.41, 5.74) is 5.31. The second-order valence-electron chi connectivity index (χ2n) is 6.10. The number of aryl methyl sites for hydroxylation is 3. The summed E-state index contributed by atoms with van der Waals surface area (Å²) in [5.74, 6) is 0.872. The van der Waals surface area contributed by atoms with Gasteiger partial charge in [0.15, 0.2) is 0 Å². The zero-order valence-electron chi connectivity index (χ0n) is 15.1. The highest BCUT2D eigenvalue weighted by atomic mass is 35.5. The summed E-state index contributed by atoms with van der Waals surface area (Å²) in [4.78, 5) is 12.2. The van der Waals surface area contributed by atoms with Crippen molar-refractivity contribution in [3.63, 3.8) is 0 Å². The van der Waals surface area contributed by atoms with Gasteiger partial charge in [0, 0.05) is 5.02 Å². The molecule has 0 fully saturated rings. The molecule has 1 aromatic carbocycles. The summed E-state index contributed by atoms with van der Waals surface area (Å²) in [7, 11) is 0. The fourth-order valence-electron chi connectivity index (χ4n) is 2.65. The lowest BCUT2D eigenvalue weighted by Gasteiger charge is -2.03. The molecule has 0 aliphatic rings. The maximum Gasteiger partial charge on any atom is 0.274 e. The Labute approximate surface area is 166 Å². The minimum Gasteiger partial charge on any atom is -0.466 e. The van der Waals surface area contributed by atoms with Crippen molar-refractivity contribution in [2.75, 3.05) is 0 Å². The van der Waals surface area contributed by atoms with E-state index < -0.39 is 0 Å². The number of nitrogens with one attached hydrogen (secondary N) is 1. The molecule has 8 heteroatoms. The molecule has 0 bridgehead atoms. The molecule has 0 atom stereocenters. The van der Waals surface area contributed by atoms with Crippen LogP contribution in [0.3, 0.4) is 0 Å². The predicted molar refractivity (Wildman–Crippen MR) is 106 cm³/mol. The molecule has 1 N–H and O–H groups in total. The van der Waals surface area contributed by atoms with Gasteiger partial charge >= 0.3 is 0 Å². The van der Waals surface area contributed by atoms with Crippen LogP contribution in [0.15, 0.2) is 39.9 Å². The SMILES string of the molecule is Cc1cc(C(=O)NN=Cc2c(C)nn(Cc3ccc(Cl)cc3)c2Cl)c(C)o1. The van der Waals surface area contributed by atoms with Crippen molar-refractivity contribution in [2.24, 2.45) is 5.10 Å². The second kappa shape index (κ2) is 7.98.